The zero-order valence-corrected chi connectivity index (χ0v) is 23.0. The third-order valence-corrected chi connectivity index (χ3v) is 7.88. The Balaban J connectivity index is 1.58. The van der Waals surface area contributed by atoms with E-state index in [-0.39, 0.29) is 5.56 Å². The van der Waals surface area contributed by atoms with E-state index in [1.807, 2.05) is 12.1 Å². The molecule has 4 aromatic rings. The summed E-state index contributed by atoms with van der Waals surface area (Å²) in [6.07, 6.45) is 6.20. The quantitative estimate of drug-likeness (QED) is 0.179. The van der Waals surface area contributed by atoms with E-state index in [0.29, 0.717) is 0 Å². The molecule has 1 aliphatic heterocycles. The summed E-state index contributed by atoms with van der Waals surface area (Å²) in [5, 5.41) is 10.1. The smallest absolute Gasteiger partial charge is 0.268 e. The fraction of sp³-hybridized carbons (Fsp3) is 0.294. The minimum Gasteiger partial charge on any atom is -0.504 e. The van der Waals surface area contributed by atoms with E-state index in [4.69, 9.17) is 0 Å². The second-order valence-electron chi connectivity index (χ2n) is 10.9. The van der Waals surface area contributed by atoms with Crippen LogP contribution in [0.4, 0.5) is 17.1 Å². The van der Waals surface area contributed by atoms with Gasteiger partial charge in [-0.15, -0.1) is 0 Å². The predicted molar refractivity (Wildman–Crippen MR) is 161 cm³/mol. The molecule has 0 aliphatic carbocycles. The van der Waals surface area contributed by atoms with Gasteiger partial charge in [0.25, 0.3) is 5.43 Å². The van der Waals surface area contributed by atoms with Gasteiger partial charge in [-0.3, -0.25) is 9.59 Å². The molecule has 0 atom stereocenters. The van der Waals surface area contributed by atoms with Crippen LogP contribution in [0.1, 0.15) is 63.1 Å². The lowest BCUT2D eigenvalue weighted by atomic mass is 9.82. The lowest BCUT2D eigenvalue weighted by molar-refractivity contribution is 0.461. The molecule has 0 amide bonds. The van der Waals surface area contributed by atoms with Gasteiger partial charge in [0.1, 0.15) is 0 Å². The Hall–Kier alpha value is -4.12. The van der Waals surface area contributed by atoms with Gasteiger partial charge in [0, 0.05) is 41.3 Å². The van der Waals surface area contributed by atoms with Gasteiger partial charge in [-0.25, -0.2) is 0 Å². The number of aromatic hydroxyl groups is 1. The fourth-order valence-electron chi connectivity index (χ4n) is 5.60. The molecule has 5 rings (SSSR count). The second-order valence-corrected chi connectivity index (χ2v) is 10.9. The molecule has 0 fully saturated rings. The Morgan fingerprint density at radius 3 is 2.21 bits per heavy atom. The van der Waals surface area contributed by atoms with Gasteiger partial charge in [-0.2, -0.15) is 0 Å². The highest BCUT2D eigenvalue weighted by atomic mass is 16.3. The minimum atomic E-state index is -0.800. The first kappa shape index (κ1) is 26.5. The Morgan fingerprint density at radius 1 is 0.846 bits per heavy atom. The van der Waals surface area contributed by atoms with Crippen LogP contribution >= 0.6 is 0 Å². The van der Waals surface area contributed by atoms with Crippen LogP contribution in [0, 0.1) is 0 Å². The van der Waals surface area contributed by atoms with Gasteiger partial charge in [-0.05, 0) is 54.0 Å². The van der Waals surface area contributed by atoms with Crippen molar-refractivity contribution in [1.82, 2.24) is 0 Å². The third-order valence-electron chi connectivity index (χ3n) is 7.88. The number of hydrogen-bond acceptors (Lipinski definition) is 5. The molecule has 0 saturated heterocycles. The number of rotatable bonds is 10. The van der Waals surface area contributed by atoms with Crippen molar-refractivity contribution in [1.29, 1.82) is 0 Å². The van der Waals surface area contributed by atoms with Crippen molar-refractivity contribution in [3.63, 3.8) is 0 Å². The molecule has 0 radical (unpaired) electrons. The van der Waals surface area contributed by atoms with E-state index in [9.17, 15) is 14.7 Å². The predicted octanol–water partition coefficient (Wildman–Crippen LogP) is 7.05. The molecular formula is C34H36N2O3. The first-order valence-corrected chi connectivity index (χ1v) is 13.9. The van der Waals surface area contributed by atoms with Crippen LogP contribution in [0.3, 0.4) is 0 Å². The highest BCUT2D eigenvalue weighted by Crippen LogP contribution is 2.50. The first-order chi connectivity index (χ1) is 18.8. The molecule has 200 valence electrons. The van der Waals surface area contributed by atoms with Crippen molar-refractivity contribution in [3.8, 4) is 5.75 Å². The molecule has 5 nitrogen and oxygen atoms in total. The molecule has 1 N–H and O–H groups in total. The Bertz CT molecular complexity index is 1550. The number of fused-ring (bicyclic) bond motifs is 1. The van der Waals surface area contributed by atoms with Crippen molar-refractivity contribution in [2.45, 2.75) is 58.4 Å². The van der Waals surface area contributed by atoms with E-state index >= 15 is 0 Å². The van der Waals surface area contributed by atoms with Gasteiger partial charge in [0.2, 0.25) is 5.43 Å². The number of nitrogens with zero attached hydrogens (tertiary/aromatic N) is 2. The van der Waals surface area contributed by atoms with E-state index in [0.717, 1.165) is 60.7 Å². The van der Waals surface area contributed by atoms with E-state index in [1.54, 1.807) is 6.08 Å². The average molecular weight is 521 g/mol. The van der Waals surface area contributed by atoms with Gasteiger partial charge in [-0.1, -0.05) is 88.6 Å². The number of unbranched alkanes of at least 4 members (excludes halogenated alkanes) is 3. The molecule has 4 aromatic carbocycles. The van der Waals surface area contributed by atoms with Crippen LogP contribution in [0.2, 0.25) is 0 Å². The minimum absolute atomic E-state index is 0.115. The Labute approximate surface area is 230 Å². The van der Waals surface area contributed by atoms with Crippen LogP contribution < -0.4 is 20.7 Å². The molecule has 0 saturated carbocycles. The molecule has 5 heteroatoms. The number of anilines is 3. The summed E-state index contributed by atoms with van der Waals surface area (Å²) in [7, 11) is 0. The number of benzene rings is 3. The summed E-state index contributed by atoms with van der Waals surface area (Å²) in [6, 6.07) is 27.4. The maximum Gasteiger partial charge on any atom is 0.268 e. The van der Waals surface area contributed by atoms with Crippen molar-refractivity contribution in [2.75, 3.05) is 16.3 Å². The van der Waals surface area contributed by atoms with Crippen LogP contribution in [0.15, 0.2) is 94.1 Å². The van der Waals surface area contributed by atoms with Crippen LogP contribution in [0.25, 0.3) is 6.08 Å². The monoisotopic (exact) mass is 520 g/mol. The number of para-hydroxylation sites is 1. The van der Waals surface area contributed by atoms with Crippen molar-refractivity contribution >= 4 is 23.1 Å². The molecule has 0 aromatic heterocycles. The first-order valence-electron chi connectivity index (χ1n) is 13.9. The maximum atomic E-state index is 12.3. The van der Waals surface area contributed by atoms with E-state index < -0.39 is 22.0 Å². The standard InChI is InChI=1S/C34H36N2O3/c1-4-5-6-13-20-35-29-19-18-26(36(25-16-11-8-12-17-25)23-24-14-9-7-10-15-24)21-28(29)34(2,3)30(35)22-27-31(37)33(39)32(27)38/h7-12,14-19,21-22,37H,4-6,13,20,23H2,1-3H3/b30-22+. The van der Waals surface area contributed by atoms with E-state index in [1.165, 1.54) is 12.0 Å². The molecule has 0 bridgehead atoms. The Morgan fingerprint density at radius 2 is 1.54 bits per heavy atom. The highest BCUT2D eigenvalue weighted by Gasteiger charge is 2.41. The van der Waals surface area contributed by atoms with Gasteiger partial charge in [0.15, 0.2) is 5.75 Å². The Kier molecular flexibility index (Phi) is 7.42. The zero-order chi connectivity index (χ0) is 27.6. The summed E-state index contributed by atoms with van der Waals surface area (Å²) in [4.78, 5) is 28.6. The summed E-state index contributed by atoms with van der Waals surface area (Å²) in [5.74, 6) is -0.427. The average Bonchev–Trinajstić information content (AvgIpc) is 3.17. The number of allylic oxidation sites excluding steroid dienone is 1. The fourth-order valence-corrected chi connectivity index (χ4v) is 5.60. The molecule has 1 aliphatic rings. The van der Waals surface area contributed by atoms with Crippen LogP contribution in [0.5, 0.6) is 5.75 Å². The maximum absolute atomic E-state index is 12.3. The van der Waals surface area contributed by atoms with Crippen molar-refractivity contribution < 1.29 is 5.11 Å². The van der Waals surface area contributed by atoms with Crippen molar-refractivity contribution in [3.05, 3.63) is 122 Å². The summed E-state index contributed by atoms with van der Waals surface area (Å²) in [6.45, 7) is 8.04. The van der Waals surface area contributed by atoms with Gasteiger partial charge < -0.3 is 14.9 Å². The third kappa shape index (κ3) is 5.01. The SMILES string of the molecule is CCCCCCN1/C(=C/c2c(O)c(=O)c2=O)C(C)(C)c2cc(N(Cc3ccccc3)c3ccccc3)ccc21. The van der Waals surface area contributed by atoms with Gasteiger partial charge >= 0.3 is 0 Å². The summed E-state index contributed by atoms with van der Waals surface area (Å²) < 4.78 is 0. The topological polar surface area (TPSA) is 60.9 Å². The molecule has 0 unspecified atom stereocenters. The summed E-state index contributed by atoms with van der Waals surface area (Å²) >= 11 is 0. The van der Waals surface area contributed by atoms with Gasteiger partial charge in [0.05, 0.1) is 5.56 Å². The molecule has 1 heterocycles. The highest BCUT2D eigenvalue weighted by molar-refractivity contribution is 5.80. The number of hydrogen-bond donors (Lipinski definition) is 1. The van der Waals surface area contributed by atoms with Crippen molar-refractivity contribution in [2.24, 2.45) is 0 Å². The largest absolute Gasteiger partial charge is 0.504 e. The zero-order valence-electron chi connectivity index (χ0n) is 23.0. The second kappa shape index (κ2) is 10.9. The van der Waals surface area contributed by atoms with E-state index in [2.05, 4.69) is 97.3 Å². The van der Waals surface area contributed by atoms with Crippen LogP contribution in [-0.4, -0.2) is 11.7 Å². The lowest BCUT2D eigenvalue weighted by Gasteiger charge is -2.28. The molecule has 0 spiro atoms. The molecule has 39 heavy (non-hydrogen) atoms. The lowest BCUT2D eigenvalue weighted by Crippen LogP contribution is -2.34. The normalized spacial score (nSPS) is 15.2. The summed E-state index contributed by atoms with van der Waals surface area (Å²) in [5.41, 5.74) is 4.88. The molecular weight excluding hydrogens is 484 g/mol. The van der Waals surface area contributed by atoms with Crippen LogP contribution in [-0.2, 0) is 12.0 Å².